The molecule has 0 spiro atoms. The number of thiophene rings is 1. The van der Waals surface area contributed by atoms with Gasteiger partial charge in [-0.2, -0.15) is 0 Å². The van der Waals surface area contributed by atoms with Crippen LogP contribution in [0.15, 0.2) is 18.2 Å². The molecule has 0 unspecified atom stereocenters. The van der Waals surface area contributed by atoms with Crippen molar-refractivity contribution in [1.82, 2.24) is 5.32 Å². The Morgan fingerprint density at radius 3 is 2.88 bits per heavy atom. The Kier molecular flexibility index (Phi) is 3.58. The molecule has 4 nitrogen and oxygen atoms in total. The van der Waals surface area contributed by atoms with Crippen molar-refractivity contribution in [1.29, 1.82) is 0 Å². The Hall–Kier alpha value is -1.62. The number of amides is 1. The third kappa shape index (κ3) is 3.71. The summed E-state index contributed by atoms with van der Waals surface area (Å²) >= 11 is 1.29. The average Bonchev–Trinajstić information content (AvgIpc) is 3.00. The van der Waals surface area contributed by atoms with Gasteiger partial charge in [-0.15, -0.1) is 11.3 Å². The van der Waals surface area contributed by atoms with Crippen molar-refractivity contribution in [2.24, 2.45) is 5.92 Å². The van der Waals surface area contributed by atoms with Crippen molar-refractivity contribution >= 4 is 29.3 Å². The van der Waals surface area contributed by atoms with Gasteiger partial charge in [0.05, 0.1) is 4.88 Å². The summed E-state index contributed by atoms with van der Waals surface area (Å²) in [6, 6.07) is 3.46. The fraction of sp³-hybridized carbons (Fsp3) is 0.333. The third-order valence-electron chi connectivity index (χ3n) is 2.49. The number of hydrogen-bond acceptors (Lipinski definition) is 3. The van der Waals surface area contributed by atoms with Gasteiger partial charge in [0, 0.05) is 17.5 Å². The lowest BCUT2D eigenvalue weighted by Gasteiger charge is -2.00. The summed E-state index contributed by atoms with van der Waals surface area (Å²) in [4.78, 5) is 23.4. The zero-order chi connectivity index (χ0) is 12.3. The molecule has 1 saturated carbocycles. The smallest absolute Gasteiger partial charge is 0.328 e. The van der Waals surface area contributed by atoms with Crippen LogP contribution in [-0.2, 0) is 4.79 Å². The lowest BCUT2D eigenvalue weighted by Crippen LogP contribution is -2.24. The maximum absolute atomic E-state index is 11.7. The minimum Gasteiger partial charge on any atom is -0.478 e. The minimum absolute atomic E-state index is 0.0723. The minimum atomic E-state index is -0.988. The van der Waals surface area contributed by atoms with Crippen molar-refractivity contribution in [3.63, 3.8) is 0 Å². The van der Waals surface area contributed by atoms with Crippen LogP contribution in [0.1, 0.15) is 27.4 Å². The zero-order valence-corrected chi connectivity index (χ0v) is 10.00. The lowest BCUT2D eigenvalue weighted by atomic mass is 10.3. The van der Waals surface area contributed by atoms with E-state index >= 15 is 0 Å². The molecule has 0 aliphatic heterocycles. The Morgan fingerprint density at radius 1 is 1.47 bits per heavy atom. The molecular weight excluding hydrogens is 238 g/mol. The standard InChI is InChI=1S/C12H13NO3S/c14-11(15)6-4-9-3-5-10(17-9)12(16)13-7-8-1-2-8/h3-6,8H,1-2,7H2,(H,13,16)(H,14,15). The summed E-state index contributed by atoms with van der Waals surface area (Å²) in [5.74, 6) is -0.403. The van der Waals surface area contributed by atoms with Crippen LogP contribution in [0.4, 0.5) is 0 Å². The van der Waals surface area contributed by atoms with E-state index in [9.17, 15) is 9.59 Å². The van der Waals surface area contributed by atoms with Crippen molar-refractivity contribution in [2.45, 2.75) is 12.8 Å². The second kappa shape index (κ2) is 5.14. The molecule has 0 radical (unpaired) electrons. The Labute approximate surface area is 103 Å². The van der Waals surface area contributed by atoms with Crippen LogP contribution in [0, 0.1) is 5.92 Å². The maximum atomic E-state index is 11.7. The molecular formula is C12H13NO3S. The molecule has 1 fully saturated rings. The summed E-state index contributed by atoms with van der Waals surface area (Å²) in [6.07, 6.45) is 4.97. The Morgan fingerprint density at radius 2 is 2.24 bits per heavy atom. The molecule has 1 aliphatic carbocycles. The summed E-state index contributed by atoms with van der Waals surface area (Å²) in [5.41, 5.74) is 0. The van der Waals surface area contributed by atoms with E-state index in [1.807, 2.05) is 0 Å². The van der Waals surface area contributed by atoms with Crippen LogP contribution in [0.25, 0.3) is 6.08 Å². The highest BCUT2D eigenvalue weighted by molar-refractivity contribution is 7.14. The molecule has 5 heteroatoms. The van der Waals surface area contributed by atoms with Crippen LogP contribution in [-0.4, -0.2) is 23.5 Å². The van der Waals surface area contributed by atoms with E-state index in [2.05, 4.69) is 5.32 Å². The largest absolute Gasteiger partial charge is 0.478 e. The number of hydrogen-bond donors (Lipinski definition) is 2. The van der Waals surface area contributed by atoms with Gasteiger partial charge in [0.25, 0.3) is 5.91 Å². The monoisotopic (exact) mass is 251 g/mol. The molecule has 2 N–H and O–H groups in total. The summed E-state index contributed by atoms with van der Waals surface area (Å²) in [5, 5.41) is 11.4. The van der Waals surface area contributed by atoms with E-state index in [4.69, 9.17) is 5.11 Å². The number of carbonyl (C=O) groups excluding carboxylic acids is 1. The second-order valence-corrected chi connectivity index (χ2v) is 5.14. The van der Waals surface area contributed by atoms with Gasteiger partial charge in [-0.3, -0.25) is 4.79 Å². The van der Waals surface area contributed by atoms with Gasteiger partial charge < -0.3 is 10.4 Å². The van der Waals surface area contributed by atoms with Crippen LogP contribution in [0.2, 0.25) is 0 Å². The van der Waals surface area contributed by atoms with Crippen LogP contribution in [0.5, 0.6) is 0 Å². The molecule has 1 aliphatic rings. The van der Waals surface area contributed by atoms with Crippen molar-refractivity contribution in [2.75, 3.05) is 6.54 Å². The molecule has 2 rings (SSSR count). The summed E-state index contributed by atoms with van der Waals surface area (Å²) in [6.45, 7) is 0.747. The van der Waals surface area contributed by atoms with Gasteiger partial charge in [-0.25, -0.2) is 4.79 Å². The van der Waals surface area contributed by atoms with Crippen LogP contribution in [0.3, 0.4) is 0 Å². The first-order valence-corrected chi connectivity index (χ1v) is 6.26. The molecule has 0 atom stereocenters. The highest BCUT2D eigenvalue weighted by Gasteiger charge is 2.22. The fourth-order valence-corrected chi connectivity index (χ4v) is 2.19. The molecule has 1 aromatic heterocycles. The number of aliphatic carboxylic acids is 1. The Bertz CT molecular complexity index is 460. The Balaban J connectivity index is 1.91. The van der Waals surface area contributed by atoms with Crippen LogP contribution < -0.4 is 5.32 Å². The summed E-state index contributed by atoms with van der Waals surface area (Å²) < 4.78 is 0. The fourth-order valence-electron chi connectivity index (χ4n) is 1.36. The van der Waals surface area contributed by atoms with Gasteiger partial charge in [0.15, 0.2) is 0 Å². The van der Waals surface area contributed by atoms with Crippen LogP contribution >= 0.6 is 11.3 Å². The first-order valence-electron chi connectivity index (χ1n) is 5.44. The molecule has 1 aromatic rings. The number of carboxylic acid groups (broad SMARTS) is 1. The SMILES string of the molecule is O=C(O)C=Cc1ccc(C(=O)NCC2CC2)s1. The van der Waals surface area contributed by atoms with E-state index in [0.29, 0.717) is 10.8 Å². The van der Waals surface area contributed by atoms with E-state index in [1.165, 1.54) is 30.3 Å². The first-order chi connectivity index (χ1) is 8.15. The van der Waals surface area contributed by atoms with Gasteiger partial charge in [0.2, 0.25) is 0 Å². The number of nitrogens with one attached hydrogen (secondary N) is 1. The lowest BCUT2D eigenvalue weighted by molar-refractivity contribution is -0.131. The van der Waals surface area contributed by atoms with E-state index in [0.717, 1.165) is 17.5 Å². The maximum Gasteiger partial charge on any atom is 0.328 e. The molecule has 17 heavy (non-hydrogen) atoms. The molecule has 0 aromatic carbocycles. The molecule has 1 amide bonds. The second-order valence-electron chi connectivity index (χ2n) is 4.03. The zero-order valence-electron chi connectivity index (χ0n) is 9.18. The van der Waals surface area contributed by atoms with Gasteiger partial charge in [0.1, 0.15) is 0 Å². The predicted molar refractivity (Wildman–Crippen MR) is 66.0 cm³/mol. The third-order valence-corrected chi connectivity index (χ3v) is 3.54. The highest BCUT2D eigenvalue weighted by atomic mass is 32.1. The van der Waals surface area contributed by atoms with Gasteiger partial charge in [-0.1, -0.05) is 0 Å². The van der Waals surface area contributed by atoms with Crippen molar-refractivity contribution < 1.29 is 14.7 Å². The summed E-state index contributed by atoms with van der Waals surface area (Å²) in [7, 11) is 0. The van der Waals surface area contributed by atoms with Crippen molar-refractivity contribution in [3.8, 4) is 0 Å². The molecule has 90 valence electrons. The number of carbonyl (C=O) groups is 2. The first kappa shape index (κ1) is 11.9. The quantitative estimate of drug-likeness (QED) is 0.786. The normalized spacial score (nSPS) is 15.1. The van der Waals surface area contributed by atoms with Gasteiger partial charge >= 0.3 is 5.97 Å². The average molecular weight is 251 g/mol. The van der Waals surface area contributed by atoms with E-state index < -0.39 is 5.97 Å². The van der Waals surface area contributed by atoms with E-state index in [1.54, 1.807) is 12.1 Å². The van der Waals surface area contributed by atoms with Gasteiger partial charge in [-0.05, 0) is 37.0 Å². The number of rotatable bonds is 5. The highest BCUT2D eigenvalue weighted by Crippen LogP contribution is 2.27. The molecule has 1 heterocycles. The topological polar surface area (TPSA) is 66.4 Å². The predicted octanol–water partition coefficient (Wildman–Crippen LogP) is 1.99. The molecule has 0 bridgehead atoms. The van der Waals surface area contributed by atoms with Crippen molar-refractivity contribution in [3.05, 3.63) is 28.0 Å². The molecule has 0 saturated heterocycles. The number of carboxylic acids is 1. The van der Waals surface area contributed by atoms with E-state index in [-0.39, 0.29) is 5.91 Å².